The number of anilines is 2. The van der Waals surface area contributed by atoms with Crippen molar-refractivity contribution in [3.8, 4) is 6.07 Å². The lowest BCUT2D eigenvalue weighted by Gasteiger charge is -2.10. The molecule has 1 N–H and O–H groups in total. The molecule has 0 atom stereocenters. The third-order valence-corrected chi connectivity index (χ3v) is 3.48. The Hall–Kier alpha value is -1.45. The summed E-state index contributed by atoms with van der Waals surface area (Å²) in [7, 11) is 0. The van der Waals surface area contributed by atoms with Crippen molar-refractivity contribution < 1.29 is 8.78 Å². The normalized spacial score (nSPS) is 10.1. The van der Waals surface area contributed by atoms with E-state index in [9.17, 15) is 8.78 Å². The molecule has 0 amide bonds. The van der Waals surface area contributed by atoms with Crippen LogP contribution in [0, 0.1) is 23.0 Å². The molecular formula is C13H6Br2F2N2. The zero-order valence-corrected chi connectivity index (χ0v) is 12.5. The van der Waals surface area contributed by atoms with Crippen LogP contribution in [0.1, 0.15) is 5.56 Å². The molecule has 0 aromatic heterocycles. The fourth-order valence-corrected chi connectivity index (χ4v) is 2.19. The Labute approximate surface area is 125 Å². The SMILES string of the molecule is N#Cc1ccc(Br)cc1Nc1cc(Br)c(F)cc1F. The molecule has 6 heteroatoms. The van der Waals surface area contributed by atoms with E-state index >= 15 is 0 Å². The number of benzene rings is 2. The minimum Gasteiger partial charge on any atom is -0.352 e. The van der Waals surface area contributed by atoms with Gasteiger partial charge in [-0.2, -0.15) is 5.26 Å². The molecule has 0 unspecified atom stereocenters. The van der Waals surface area contributed by atoms with Gasteiger partial charge >= 0.3 is 0 Å². The summed E-state index contributed by atoms with van der Waals surface area (Å²) >= 11 is 6.26. The molecule has 0 heterocycles. The Balaban J connectivity index is 2.45. The van der Waals surface area contributed by atoms with Gasteiger partial charge in [-0.15, -0.1) is 0 Å². The second kappa shape index (κ2) is 5.68. The summed E-state index contributed by atoms with van der Waals surface area (Å²) in [6.45, 7) is 0. The fraction of sp³-hybridized carbons (Fsp3) is 0. The average Bonchev–Trinajstić information content (AvgIpc) is 2.36. The largest absolute Gasteiger partial charge is 0.352 e. The van der Waals surface area contributed by atoms with Gasteiger partial charge in [-0.25, -0.2) is 8.78 Å². The van der Waals surface area contributed by atoms with Gasteiger partial charge in [0.05, 0.1) is 21.4 Å². The summed E-state index contributed by atoms with van der Waals surface area (Å²) in [5.74, 6) is -1.41. The highest BCUT2D eigenvalue weighted by Crippen LogP contribution is 2.29. The van der Waals surface area contributed by atoms with Crippen LogP contribution in [-0.2, 0) is 0 Å². The van der Waals surface area contributed by atoms with Crippen LogP contribution in [0.3, 0.4) is 0 Å². The van der Waals surface area contributed by atoms with Crippen molar-refractivity contribution >= 4 is 43.2 Å². The lowest BCUT2D eigenvalue weighted by molar-refractivity contribution is 0.581. The summed E-state index contributed by atoms with van der Waals surface area (Å²) < 4.78 is 27.7. The van der Waals surface area contributed by atoms with Crippen LogP contribution in [-0.4, -0.2) is 0 Å². The Morgan fingerprint density at radius 1 is 1.00 bits per heavy atom. The summed E-state index contributed by atoms with van der Waals surface area (Å²) in [6, 6.07) is 9.01. The second-order valence-corrected chi connectivity index (χ2v) is 5.44. The van der Waals surface area contributed by atoms with Gasteiger partial charge < -0.3 is 5.32 Å². The van der Waals surface area contributed by atoms with Crippen LogP contribution in [0.4, 0.5) is 20.2 Å². The maximum Gasteiger partial charge on any atom is 0.149 e. The van der Waals surface area contributed by atoms with Crippen LogP contribution in [0.25, 0.3) is 0 Å². The zero-order valence-electron chi connectivity index (χ0n) is 9.35. The Morgan fingerprint density at radius 2 is 1.74 bits per heavy atom. The van der Waals surface area contributed by atoms with Gasteiger partial charge in [-0.3, -0.25) is 0 Å². The summed E-state index contributed by atoms with van der Waals surface area (Å²) in [6.07, 6.45) is 0. The molecule has 19 heavy (non-hydrogen) atoms. The fourth-order valence-electron chi connectivity index (χ4n) is 1.48. The minimum atomic E-state index is -0.732. The summed E-state index contributed by atoms with van der Waals surface area (Å²) in [5.41, 5.74) is 0.889. The quantitative estimate of drug-likeness (QED) is 0.727. The van der Waals surface area contributed by atoms with E-state index in [-0.39, 0.29) is 10.2 Å². The van der Waals surface area contributed by atoms with Crippen LogP contribution in [0.2, 0.25) is 0 Å². The van der Waals surface area contributed by atoms with E-state index in [2.05, 4.69) is 37.2 Å². The van der Waals surface area contributed by atoms with E-state index in [1.54, 1.807) is 18.2 Å². The first-order chi connectivity index (χ1) is 9.01. The maximum absolute atomic E-state index is 13.6. The molecule has 2 aromatic carbocycles. The smallest absolute Gasteiger partial charge is 0.149 e. The lowest BCUT2D eigenvalue weighted by Crippen LogP contribution is -1.97. The molecule has 0 bridgehead atoms. The summed E-state index contributed by atoms with van der Waals surface area (Å²) in [4.78, 5) is 0. The molecule has 0 aliphatic heterocycles. The minimum absolute atomic E-state index is 0.0860. The number of hydrogen-bond acceptors (Lipinski definition) is 2. The first-order valence-electron chi connectivity index (χ1n) is 5.12. The van der Waals surface area contributed by atoms with E-state index in [0.29, 0.717) is 11.3 Å². The Bertz CT molecular complexity index is 681. The highest BCUT2D eigenvalue weighted by atomic mass is 79.9. The molecule has 0 saturated carbocycles. The predicted molar refractivity (Wildman–Crippen MR) is 76.2 cm³/mol. The molecule has 0 spiro atoms. The average molecular weight is 388 g/mol. The number of nitriles is 1. The van der Waals surface area contributed by atoms with Gasteiger partial charge in [-0.1, -0.05) is 15.9 Å². The Morgan fingerprint density at radius 3 is 2.42 bits per heavy atom. The molecule has 2 nitrogen and oxygen atoms in total. The van der Waals surface area contributed by atoms with E-state index < -0.39 is 11.6 Å². The van der Waals surface area contributed by atoms with E-state index in [0.717, 1.165) is 10.5 Å². The lowest BCUT2D eigenvalue weighted by atomic mass is 10.2. The molecule has 0 saturated heterocycles. The van der Waals surface area contributed by atoms with Crippen molar-refractivity contribution in [3.05, 3.63) is 56.5 Å². The molecular weight excluding hydrogens is 382 g/mol. The van der Waals surface area contributed by atoms with Crippen LogP contribution >= 0.6 is 31.9 Å². The first-order valence-corrected chi connectivity index (χ1v) is 6.71. The van der Waals surface area contributed by atoms with E-state index in [1.165, 1.54) is 6.07 Å². The van der Waals surface area contributed by atoms with Crippen LogP contribution in [0.15, 0.2) is 39.3 Å². The number of nitrogens with one attached hydrogen (secondary N) is 1. The van der Waals surface area contributed by atoms with Gasteiger partial charge in [0, 0.05) is 10.5 Å². The molecule has 0 aliphatic carbocycles. The maximum atomic E-state index is 13.6. The number of nitrogens with zero attached hydrogens (tertiary/aromatic N) is 1. The van der Waals surface area contributed by atoms with Gasteiger partial charge in [0.15, 0.2) is 0 Å². The third kappa shape index (κ3) is 3.11. The number of rotatable bonds is 2. The van der Waals surface area contributed by atoms with Gasteiger partial charge in [0.25, 0.3) is 0 Å². The third-order valence-electron chi connectivity index (χ3n) is 2.38. The van der Waals surface area contributed by atoms with Crippen molar-refractivity contribution in [3.63, 3.8) is 0 Å². The Kier molecular flexibility index (Phi) is 4.17. The van der Waals surface area contributed by atoms with Crippen molar-refractivity contribution in [2.75, 3.05) is 5.32 Å². The van der Waals surface area contributed by atoms with Gasteiger partial charge in [-0.05, 0) is 40.2 Å². The second-order valence-electron chi connectivity index (χ2n) is 3.67. The van der Waals surface area contributed by atoms with Crippen molar-refractivity contribution in [1.82, 2.24) is 0 Å². The molecule has 2 aromatic rings. The van der Waals surface area contributed by atoms with E-state index in [4.69, 9.17) is 5.26 Å². The van der Waals surface area contributed by atoms with Crippen molar-refractivity contribution in [2.45, 2.75) is 0 Å². The highest BCUT2D eigenvalue weighted by molar-refractivity contribution is 9.10. The predicted octanol–water partition coefficient (Wildman–Crippen LogP) is 5.11. The molecule has 0 radical (unpaired) electrons. The number of halogens is 4. The van der Waals surface area contributed by atoms with E-state index in [1.807, 2.05) is 6.07 Å². The van der Waals surface area contributed by atoms with Crippen LogP contribution in [0.5, 0.6) is 0 Å². The number of hydrogen-bond donors (Lipinski definition) is 1. The van der Waals surface area contributed by atoms with Crippen molar-refractivity contribution in [1.29, 1.82) is 5.26 Å². The van der Waals surface area contributed by atoms with Crippen molar-refractivity contribution in [2.24, 2.45) is 0 Å². The molecule has 0 aliphatic rings. The molecule has 0 fully saturated rings. The standard InChI is InChI=1S/C13H6Br2F2N2/c14-8-2-1-7(6-18)12(3-8)19-13-4-9(15)10(16)5-11(13)17/h1-5,19H. The monoisotopic (exact) mass is 386 g/mol. The van der Waals surface area contributed by atoms with Gasteiger partial charge in [0.1, 0.15) is 17.7 Å². The zero-order chi connectivity index (χ0) is 14.0. The van der Waals surface area contributed by atoms with Crippen LogP contribution < -0.4 is 5.32 Å². The summed E-state index contributed by atoms with van der Waals surface area (Å²) in [5, 5.41) is 11.8. The molecule has 96 valence electrons. The van der Waals surface area contributed by atoms with Gasteiger partial charge in [0.2, 0.25) is 0 Å². The topological polar surface area (TPSA) is 35.8 Å². The first kappa shape index (κ1) is 14.0. The molecule has 2 rings (SSSR count). The highest BCUT2D eigenvalue weighted by Gasteiger charge is 2.10.